The van der Waals surface area contributed by atoms with E-state index in [0.29, 0.717) is 16.7 Å². The monoisotopic (exact) mass is 226 g/mol. The van der Waals surface area contributed by atoms with Gasteiger partial charge in [-0.15, -0.1) is 0 Å². The van der Waals surface area contributed by atoms with Crippen LogP contribution in [0.1, 0.15) is 60.3 Å². The summed E-state index contributed by atoms with van der Waals surface area (Å²) in [5.41, 5.74) is 0.657. The summed E-state index contributed by atoms with van der Waals surface area (Å²) in [7, 11) is 0. The molecule has 0 nitrogen and oxygen atoms in total. The second-order valence-electron chi connectivity index (χ2n) is 7.48. The average Bonchev–Trinajstić information content (AvgIpc) is 2.07. The maximum absolute atomic E-state index is 13.0. The Morgan fingerprint density at radius 3 is 1.50 bits per heavy atom. The topological polar surface area (TPSA) is 0 Å². The van der Waals surface area contributed by atoms with Gasteiger partial charge in [-0.2, -0.15) is 0 Å². The fraction of sp³-hybridized carbons (Fsp3) is 1.00. The fourth-order valence-corrected chi connectivity index (χ4v) is 3.68. The van der Waals surface area contributed by atoms with Crippen LogP contribution in [0, 0.1) is 28.6 Å². The molecule has 0 heterocycles. The third kappa shape index (κ3) is 1.71. The lowest BCUT2D eigenvalue weighted by Gasteiger charge is -2.58. The summed E-state index contributed by atoms with van der Waals surface area (Å²) in [4.78, 5) is 0. The van der Waals surface area contributed by atoms with E-state index in [9.17, 15) is 4.39 Å². The standard InChI is InChI=1S/C15H27F/c1-10-6-11(7-10)14(2,3)15(4,5)12-8-13(16)9-12/h10-13H,6-9H2,1-5H3. The van der Waals surface area contributed by atoms with Crippen LogP contribution in [-0.2, 0) is 0 Å². The van der Waals surface area contributed by atoms with Crippen LogP contribution in [0.4, 0.5) is 4.39 Å². The van der Waals surface area contributed by atoms with Crippen LogP contribution in [0.15, 0.2) is 0 Å². The molecule has 0 saturated heterocycles. The van der Waals surface area contributed by atoms with Crippen LogP contribution in [0.2, 0.25) is 0 Å². The first-order valence-electron chi connectivity index (χ1n) is 6.89. The highest BCUT2D eigenvalue weighted by atomic mass is 19.1. The molecular weight excluding hydrogens is 199 g/mol. The van der Waals surface area contributed by atoms with Crippen molar-refractivity contribution in [2.24, 2.45) is 28.6 Å². The SMILES string of the molecule is CC1CC(C(C)(C)C(C)(C)C2CC(F)C2)C1. The number of halogens is 1. The quantitative estimate of drug-likeness (QED) is 0.646. The molecule has 0 aromatic heterocycles. The summed E-state index contributed by atoms with van der Waals surface area (Å²) >= 11 is 0. The van der Waals surface area contributed by atoms with Crippen LogP contribution in [0.25, 0.3) is 0 Å². The zero-order chi connectivity index (χ0) is 12.1. The smallest absolute Gasteiger partial charge is 0.101 e. The lowest BCUT2D eigenvalue weighted by molar-refractivity contribution is -0.0977. The van der Waals surface area contributed by atoms with Crippen LogP contribution in [-0.4, -0.2) is 6.17 Å². The molecule has 2 saturated carbocycles. The third-order valence-corrected chi connectivity index (χ3v) is 6.16. The molecule has 1 heteroatoms. The van der Waals surface area contributed by atoms with E-state index in [2.05, 4.69) is 34.6 Å². The largest absolute Gasteiger partial charge is 0.247 e. The summed E-state index contributed by atoms with van der Waals surface area (Å²) in [6, 6.07) is 0. The van der Waals surface area contributed by atoms with Gasteiger partial charge in [0.05, 0.1) is 0 Å². The molecule has 2 aliphatic carbocycles. The first kappa shape index (κ1) is 12.4. The molecule has 0 N–H and O–H groups in total. The molecule has 16 heavy (non-hydrogen) atoms. The Morgan fingerprint density at radius 2 is 1.19 bits per heavy atom. The molecular formula is C15H27F. The van der Waals surface area contributed by atoms with Crippen LogP contribution in [0.5, 0.6) is 0 Å². The van der Waals surface area contributed by atoms with Gasteiger partial charge in [-0.25, -0.2) is 4.39 Å². The van der Waals surface area contributed by atoms with E-state index in [0.717, 1.165) is 24.7 Å². The van der Waals surface area contributed by atoms with Crippen molar-refractivity contribution in [2.45, 2.75) is 66.5 Å². The predicted octanol–water partition coefficient (Wildman–Crippen LogP) is 4.83. The van der Waals surface area contributed by atoms with E-state index in [1.807, 2.05) is 0 Å². The zero-order valence-electron chi connectivity index (χ0n) is 11.5. The summed E-state index contributed by atoms with van der Waals surface area (Å²) in [5, 5.41) is 0. The lowest BCUT2D eigenvalue weighted by atomic mass is 9.47. The number of alkyl halides is 1. The molecule has 0 radical (unpaired) electrons. The van der Waals surface area contributed by atoms with Crippen LogP contribution in [0.3, 0.4) is 0 Å². The highest BCUT2D eigenvalue weighted by molar-refractivity contribution is 5.02. The number of hydrogen-bond donors (Lipinski definition) is 0. The Kier molecular flexibility index (Phi) is 2.88. The van der Waals surface area contributed by atoms with Crippen molar-refractivity contribution >= 4 is 0 Å². The van der Waals surface area contributed by atoms with E-state index in [-0.39, 0.29) is 0 Å². The molecule has 0 atom stereocenters. The molecule has 0 aromatic rings. The number of rotatable bonds is 3. The van der Waals surface area contributed by atoms with E-state index in [4.69, 9.17) is 0 Å². The molecule has 0 spiro atoms. The van der Waals surface area contributed by atoms with E-state index in [1.165, 1.54) is 12.8 Å². The third-order valence-electron chi connectivity index (χ3n) is 6.16. The van der Waals surface area contributed by atoms with Gasteiger partial charge in [0.15, 0.2) is 0 Å². The van der Waals surface area contributed by atoms with E-state index >= 15 is 0 Å². The molecule has 0 bridgehead atoms. The molecule has 0 unspecified atom stereocenters. The Hall–Kier alpha value is -0.0700. The summed E-state index contributed by atoms with van der Waals surface area (Å²) < 4.78 is 13.0. The first-order chi connectivity index (χ1) is 7.25. The Labute approximate surface area is 100 Å². The van der Waals surface area contributed by atoms with Gasteiger partial charge in [-0.05, 0) is 54.3 Å². The van der Waals surface area contributed by atoms with Crippen LogP contribution >= 0.6 is 0 Å². The highest BCUT2D eigenvalue weighted by Crippen LogP contribution is 2.60. The number of hydrogen-bond acceptors (Lipinski definition) is 0. The molecule has 0 amide bonds. The van der Waals surface area contributed by atoms with Gasteiger partial charge in [-0.1, -0.05) is 34.6 Å². The van der Waals surface area contributed by atoms with Crippen LogP contribution < -0.4 is 0 Å². The molecule has 94 valence electrons. The second-order valence-corrected chi connectivity index (χ2v) is 7.48. The van der Waals surface area contributed by atoms with Crippen molar-refractivity contribution in [2.75, 3.05) is 0 Å². The van der Waals surface area contributed by atoms with Crippen molar-refractivity contribution < 1.29 is 4.39 Å². The molecule has 0 aliphatic heterocycles. The Balaban J connectivity index is 2.03. The van der Waals surface area contributed by atoms with Crippen molar-refractivity contribution in [1.82, 2.24) is 0 Å². The van der Waals surface area contributed by atoms with Crippen molar-refractivity contribution in [3.63, 3.8) is 0 Å². The Morgan fingerprint density at radius 1 is 0.812 bits per heavy atom. The fourth-order valence-electron chi connectivity index (χ4n) is 3.68. The summed E-state index contributed by atoms with van der Waals surface area (Å²) in [5.74, 6) is 2.37. The van der Waals surface area contributed by atoms with Gasteiger partial charge in [0, 0.05) is 0 Å². The van der Waals surface area contributed by atoms with Crippen molar-refractivity contribution in [1.29, 1.82) is 0 Å². The predicted molar refractivity (Wildman–Crippen MR) is 67.1 cm³/mol. The van der Waals surface area contributed by atoms with Gasteiger partial charge in [0.2, 0.25) is 0 Å². The summed E-state index contributed by atoms with van der Waals surface area (Å²) in [6.45, 7) is 11.9. The minimum absolute atomic E-state index is 0.292. The van der Waals surface area contributed by atoms with E-state index in [1.54, 1.807) is 0 Å². The zero-order valence-corrected chi connectivity index (χ0v) is 11.5. The van der Waals surface area contributed by atoms with Gasteiger partial charge in [-0.3, -0.25) is 0 Å². The maximum Gasteiger partial charge on any atom is 0.101 e. The van der Waals surface area contributed by atoms with Gasteiger partial charge < -0.3 is 0 Å². The molecule has 2 aliphatic rings. The maximum atomic E-state index is 13.0. The first-order valence-corrected chi connectivity index (χ1v) is 6.89. The second kappa shape index (κ2) is 3.71. The molecule has 2 rings (SSSR count). The minimum atomic E-state index is -0.514. The van der Waals surface area contributed by atoms with Crippen molar-refractivity contribution in [3.8, 4) is 0 Å². The summed E-state index contributed by atoms with van der Waals surface area (Å²) in [6.07, 6.45) is 3.85. The molecule has 2 fully saturated rings. The van der Waals surface area contributed by atoms with E-state index < -0.39 is 6.17 Å². The Bertz CT molecular complexity index is 227. The normalized spacial score (nSPS) is 40.1. The van der Waals surface area contributed by atoms with Crippen molar-refractivity contribution in [3.05, 3.63) is 0 Å². The van der Waals surface area contributed by atoms with Gasteiger partial charge >= 0.3 is 0 Å². The molecule has 0 aromatic carbocycles. The van der Waals surface area contributed by atoms with Gasteiger partial charge in [0.25, 0.3) is 0 Å². The minimum Gasteiger partial charge on any atom is -0.247 e. The lowest BCUT2D eigenvalue weighted by Crippen LogP contribution is -2.51. The highest BCUT2D eigenvalue weighted by Gasteiger charge is 2.53. The average molecular weight is 226 g/mol. The van der Waals surface area contributed by atoms with Gasteiger partial charge in [0.1, 0.15) is 6.17 Å².